The lowest BCUT2D eigenvalue weighted by Gasteiger charge is -2.34. The minimum Gasteiger partial charge on any atom is -0.467 e. The van der Waals surface area contributed by atoms with Crippen LogP contribution in [0.3, 0.4) is 0 Å². The van der Waals surface area contributed by atoms with Gasteiger partial charge in [-0.2, -0.15) is 0 Å². The first-order valence-corrected chi connectivity index (χ1v) is 5.07. The van der Waals surface area contributed by atoms with Crippen molar-refractivity contribution in [2.75, 3.05) is 14.2 Å². The van der Waals surface area contributed by atoms with E-state index < -0.39 is 23.2 Å². The van der Waals surface area contributed by atoms with Crippen molar-refractivity contribution in [3.8, 4) is 0 Å². The number of carbonyl (C=O) groups excluding carboxylic acids is 2. The van der Waals surface area contributed by atoms with E-state index in [4.69, 9.17) is 4.74 Å². The van der Waals surface area contributed by atoms with Crippen molar-refractivity contribution in [1.29, 1.82) is 0 Å². The number of likely N-dealkylation sites (N-methyl/N-ethyl adjacent to an activating group) is 1. The van der Waals surface area contributed by atoms with Crippen molar-refractivity contribution in [2.24, 2.45) is 0 Å². The molecule has 0 aliphatic rings. The second-order valence-electron chi connectivity index (χ2n) is 5.09. The number of hydrogen-bond acceptors (Lipinski definition) is 4. The van der Waals surface area contributed by atoms with Crippen molar-refractivity contribution >= 4 is 12.1 Å². The van der Waals surface area contributed by atoms with Crippen LogP contribution >= 0.6 is 0 Å². The zero-order valence-electron chi connectivity index (χ0n) is 11.1. The molecule has 0 aromatic rings. The van der Waals surface area contributed by atoms with Gasteiger partial charge in [-0.1, -0.05) is 0 Å². The summed E-state index contributed by atoms with van der Waals surface area (Å²) in [6, 6.07) is 0. The Morgan fingerprint density at radius 2 is 1.50 bits per heavy atom. The van der Waals surface area contributed by atoms with Crippen molar-refractivity contribution < 1.29 is 19.1 Å². The fraction of sp³-hybridized carbons (Fsp3) is 0.818. The molecule has 0 atom stereocenters. The van der Waals surface area contributed by atoms with Crippen LogP contribution in [0.15, 0.2) is 0 Å². The quantitative estimate of drug-likeness (QED) is 0.680. The molecule has 0 saturated heterocycles. The first kappa shape index (κ1) is 14.7. The van der Waals surface area contributed by atoms with Gasteiger partial charge >= 0.3 is 12.1 Å². The highest BCUT2D eigenvalue weighted by atomic mass is 16.6. The molecule has 5 nitrogen and oxygen atoms in total. The lowest BCUT2D eigenvalue weighted by Crippen LogP contribution is -2.52. The maximum Gasteiger partial charge on any atom is 0.410 e. The van der Waals surface area contributed by atoms with Crippen molar-refractivity contribution in [3.63, 3.8) is 0 Å². The van der Waals surface area contributed by atoms with Gasteiger partial charge in [0.25, 0.3) is 0 Å². The van der Waals surface area contributed by atoms with Crippen LogP contribution in [0.5, 0.6) is 0 Å². The molecule has 0 heterocycles. The lowest BCUT2D eigenvalue weighted by molar-refractivity contribution is -0.151. The lowest BCUT2D eigenvalue weighted by atomic mass is 10.0. The van der Waals surface area contributed by atoms with E-state index in [-0.39, 0.29) is 0 Å². The summed E-state index contributed by atoms with van der Waals surface area (Å²) in [6.45, 7) is 8.50. The van der Waals surface area contributed by atoms with Gasteiger partial charge < -0.3 is 9.47 Å². The van der Waals surface area contributed by atoms with E-state index in [0.717, 1.165) is 0 Å². The monoisotopic (exact) mass is 231 g/mol. The summed E-state index contributed by atoms with van der Waals surface area (Å²) in [5.41, 5.74) is -1.63. The van der Waals surface area contributed by atoms with E-state index in [1.54, 1.807) is 34.6 Å². The third kappa shape index (κ3) is 3.72. The Kier molecular flexibility index (Phi) is 4.35. The number of amides is 1. The van der Waals surface area contributed by atoms with Gasteiger partial charge in [-0.15, -0.1) is 0 Å². The fourth-order valence-corrected chi connectivity index (χ4v) is 0.945. The van der Waals surface area contributed by atoms with Crippen molar-refractivity contribution in [3.05, 3.63) is 0 Å². The Bertz CT molecular complexity index is 278. The zero-order chi connectivity index (χ0) is 13.1. The van der Waals surface area contributed by atoms with E-state index in [9.17, 15) is 9.59 Å². The van der Waals surface area contributed by atoms with Crippen LogP contribution in [0.2, 0.25) is 0 Å². The Morgan fingerprint density at radius 3 is 1.81 bits per heavy atom. The van der Waals surface area contributed by atoms with Crippen LogP contribution in [0.1, 0.15) is 34.6 Å². The molecule has 1 amide bonds. The standard InChI is InChI=1S/C11H21NO4/c1-10(2,3)16-9(14)12(6)11(4,5)8(13)15-7/h1-7H3. The molecule has 0 unspecified atom stereocenters. The summed E-state index contributed by atoms with van der Waals surface area (Å²) in [5, 5.41) is 0. The highest BCUT2D eigenvalue weighted by Gasteiger charge is 2.38. The zero-order valence-corrected chi connectivity index (χ0v) is 11.1. The largest absolute Gasteiger partial charge is 0.467 e. The molecule has 0 rings (SSSR count). The molecule has 0 N–H and O–H groups in total. The van der Waals surface area contributed by atoms with Gasteiger partial charge in [0.1, 0.15) is 11.1 Å². The SMILES string of the molecule is COC(=O)C(C)(C)N(C)C(=O)OC(C)(C)C. The van der Waals surface area contributed by atoms with Crippen LogP contribution in [-0.2, 0) is 14.3 Å². The summed E-state index contributed by atoms with van der Waals surface area (Å²) in [4.78, 5) is 24.4. The number of rotatable bonds is 2. The van der Waals surface area contributed by atoms with E-state index in [1.165, 1.54) is 19.1 Å². The predicted molar refractivity (Wildman–Crippen MR) is 60.1 cm³/mol. The Hall–Kier alpha value is -1.26. The van der Waals surface area contributed by atoms with Crippen molar-refractivity contribution in [2.45, 2.75) is 45.8 Å². The molecule has 94 valence electrons. The molecule has 0 aliphatic carbocycles. The Morgan fingerprint density at radius 1 is 1.06 bits per heavy atom. The highest BCUT2D eigenvalue weighted by Crippen LogP contribution is 2.18. The highest BCUT2D eigenvalue weighted by molar-refractivity contribution is 5.84. The number of carbonyl (C=O) groups is 2. The molecule has 0 aromatic carbocycles. The summed E-state index contributed by atoms with van der Waals surface area (Å²) in [7, 11) is 2.79. The average Bonchev–Trinajstić information content (AvgIpc) is 2.12. The van der Waals surface area contributed by atoms with Crippen LogP contribution in [-0.4, -0.2) is 42.3 Å². The number of ether oxygens (including phenoxy) is 2. The van der Waals surface area contributed by atoms with E-state index in [2.05, 4.69) is 4.74 Å². The van der Waals surface area contributed by atoms with Crippen LogP contribution in [0.25, 0.3) is 0 Å². The molecular weight excluding hydrogens is 210 g/mol. The molecular formula is C11H21NO4. The first-order chi connectivity index (χ1) is 7.02. The summed E-state index contributed by atoms with van der Waals surface area (Å²) in [5.74, 6) is -0.485. The van der Waals surface area contributed by atoms with Gasteiger partial charge in [-0.3, -0.25) is 4.90 Å². The summed E-state index contributed by atoms with van der Waals surface area (Å²) in [6.07, 6.45) is -0.553. The maximum atomic E-state index is 11.7. The predicted octanol–water partition coefficient (Wildman–Crippen LogP) is 1.80. The molecule has 5 heteroatoms. The molecule has 0 fully saturated rings. The average molecular weight is 231 g/mol. The minimum atomic E-state index is -1.04. The molecule has 0 saturated carbocycles. The van der Waals surface area contributed by atoms with Crippen molar-refractivity contribution in [1.82, 2.24) is 4.90 Å². The van der Waals surface area contributed by atoms with Gasteiger partial charge in [0.15, 0.2) is 0 Å². The topological polar surface area (TPSA) is 55.8 Å². The van der Waals surface area contributed by atoms with Gasteiger partial charge in [0.2, 0.25) is 0 Å². The van der Waals surface area contributed by atoms with Crippen LogP contribution < -0.4 is 0 Å². The van der Waals surface area contributed by atoms with Gasteiger partial charge in [-0.05, 0) is 34.6 Å². The number of methoxy groups -OCH3 is 1. The van der Waals surface area contributed by atoms with Gasteiger partial charge in [0, 0.05) is 7.05 Å². The molecule has 0 spiro atoms. The minimum absolute atomic E-state index is 0.485. The first-order valence-electron chi connectivity index (χ1n) is 5.07. The van der Waals surface area contributed by atoms with E-state index in [1.807, 2.05) is 0 Å². The molecule has 0 radical (unpaired) electrons. The van der Waals surface area contributed by atoms with E-state index >= 15 is 0 Å². The van der Waals surface area contributed by atoms with E-state index in [0.29, 0.717) is 0 Å². The third-order valence-corrected chi connectivity index (χ3v) is 2.19. The Labute approximate surface area is 96.7 Å². The number of hydrogen-bond donors (Lipinski definition) is 0. The van der Waals surface area contributed by atoms with Gasteiger partial charge in [-0.25, -0.2) is 9.59 Å². The third-order valence-electron chi connectivity index (χ3n) is 2.19. The molecule has 0 aliphatic heterocycles. The normalized spacial score (nSPS) is 11.9. The Balaban J connectivity index is 4.73. The molecule has 0 aromatic heterocycles. The smallest absolute Gasteiger partial charge is 0.410 e. The maximum absolute atomic E-state index is 11.7. The van der Waals surface area contributed by atoms with Crippen LogP contribution in [0, 0.1) is 0 Å². The number of esters is 1. The second kappa shape index (κ2) is 4.72. The summed E-state index contributed by atoms with van der Waals surface area (Å²) < 4.78 is 9.79. The second-order valence-corrected chi connectivity index (χ2v) is 5.09. The number of nitrogens with zero attached hydrogens (tertiary/aromatic N) is 1. The molecule has 0 bridgehead atoms. The van der Waals surface area contributed by atoms with Crippen LogP contribution in [0.4, 0.5) is 4.79 Å². The summed E-state index contributed by atoms with van der Waals surface area (Å²) >= 11 is 0. The van der Waals surface area contributed by atoms with Gasteiger partial charge in [0.05, 0.1) is 7.11 Å². The fourth-order valence-electron chi connectivity index (χ4n) is 0.945. The molecule has 16 heavy (non-hydrogen) atoms.